The third-order valence-corrected chi connectivity index (χ3v) is 2.62. The minimum Gasteiger partial charge on any atom is -0.480 e. The van der Waals surface area contributed by atoms with Gasteiger partial charge >= 0.3 is 5.97 Å². The summed E-state index contributed by atoms with van der Waals surface area (Å²) in [6.07, 6.45) is 1.77. The molecule has 0 aromatic rings. The number of ether oxygens (including phenoxy) is 2. The molecular weight excluding hydrogens is 198 g/mol. The Kier molecular flexibility index (Phi) is 4.50. The average molecular weight is 217 g/mol. The quantitative estimate of drug-likeness (QED) is 0.569. The summed E-state index contributed by atoms with van der Waals surface area (Å²) in [5.74, 6) is -0.900. The number of hydrogen-bond acceptors (Lipinski definition) is 4. The Bertz CT molecular complexity index is 217. The molecule has 5 nitrogen and oxygen atoms in total. The van der Waals surface area contributed by atoms with Crippen LogP contribution in [-0.4, -0.2) is 43.0 Å². The van der Waals surface area contributed by atoms with Gasteiger partial charge in [-0.2, -0.15) is 0 Å². The molecule has 0 aromatic heterocycles. The SMILES string of the molecule is CCOCCOCC(N)(C(=O)O)C1CC1. The molecule has 88 valence electrons. The molecule has 1 fully saturated rings. The molecule has 1 aliphatic rings. The molecule has 0 amide bonds. The molecule has 0 radical (unpaired) electrons. The fourth-order valence-electron chi connectivity index (χ4n) is 1.46. The van der Waals surface area contributed by atoms with Crippen LogP contribution in [0.1, 0.15) is 19.8 Å². The van der Waals surface area contributed by atoms with Crippen molar-refractivity contribution in [2.45, 2.75) is 25.3 Å². The van der Waals surface area contributed by atoms with Gasteiger partial charge in [0, 0.05) is 6.61 Å². The van der Waals surface area contributed by atoms with Crippen LogP contribution in [0.2, 0.25) is 0 Å². The van der Waals surface area contributed by atoms with Crippen LogP contribution >= 0.6 is 0 Å². The lowest BCUT2D eigenvalue weighted by Crippen LogP contribution is -2.54. The summed E-state index contributed by atoms with van der Waals surface area (Å²) in [5, 5.41) is 9.01. The first-order valence-electron chi connectivity index (χ1n) is 5.29. The topological polar surface area (TPSA) is 81.8 Å². The highest BCUT2D eigenvalue weighted by Crippen LogP contribution is 2.38. The largest absolute Gasteiger partial charge is 0.480 e. The maximum absolute atomic E-state index is 11.0. The number of carboxylic acids is 1. The molecule has 1 unspecified atom stereocenters. The number of carbonyl (C=O) groups is 1. The third kappa shape index (κ3) is 3.44. The zero-order valence-electron chi connectivity index (χ0n) is 9.07. The van der Waals surface area contributed by atoms with Crippen LogP contribution in [0, 0.1) is 5.92 Å². The molecule has 5 heteroatoms. The zero-order valence-corrected chi connectivity index (χ0v) is 9.07. The van der Waals surface area contributed by atoms with E-state index in [1.807, 2.05) is 6.92 Å². The van der Waals surface area contributed by atoms with Crippen LogP contribution in [0.5, 0.6) is 0 Å². The van der Waals surface area contributed by atoms with Crippen LogP contribution in [0.3, 0.4) is 0 Å². The summed E-state index contributed by atoms with van der Waals surface area (Å²) in [6.45, 7) is 3.48. The van der Waals surface area contributed by atoms with E-state index in [-0.39, 0.29) is 12.5 Å². The molecule has 0 spiro atoms. The van der Waals surface area contributed by atoms with E-state index in [4.69, 9.17) is 20.3 Å². The Balaban J connectivity index is 2.23. The Morgan fingerprint density at radius 1 is 1.47 bits per heavy atom. The van der Waals surface area contributed by atoms with Gasteiger partial charge in [-0.1, -0.05) is 0 Å². The summed E-state index contributed by atoms with van der Waals surface area (Å²) in [4.78, 5) is 11.0. The molecule has 1 rings (SSSR count). The maximum Gasteiger partial charge on any atom is 0.326 e. The molecule has 0 bridgehead atoms. The smallest absolute Gasteiger partial charge is 0.326 e. The van der Waals surface area contributed by atoms with E-state index in [0.717, 1.165) is 12.8 Å². The standard InChI is InChI=1S/C10H19NO4/c1-2-14-5-6-15-7-10(11,9(12)13)8-3-4-8/h8H,2-7,11H2,1H3,(H,12,13). The molecule has 0 heterocycles. The van der Waals surface area contributed by atoms with E-state index in [1.165, 1.54) is 0 Å². The molecule has 1 saturated carbocycles. The minimum absolute atomic E-state index is 0.0695. The fourth-order valence-corrected chi connectivity index (χ4v) is 1.46. The molecule has 3 N–H and O–H groups in total. The number of aliphatic carboxylic acids is 1. The lowest BCUT2D eigenvalue weighted by molar-refractivity contribution is -0.147. The lowest BCUT2D eigenvalue weighted by Gasteiger charge is -2.24. The van der Waals surface area contributed by atoms with Crippen molar-refractivity contribution in [2.75, 3.05) is 26.4 Å². The monoisotopic (exact) mass is 217 g/mol. The summed E-state index contributed by atoms with van der Waals surface area (Å²) in [7, 11) is 0. The molecule has 0 aliphatic heterocycles. The van der Waals surface area contributed by atoms with Crippen molar-refractivity contribution in [3.8, 4) is 0 Å². The maximum atomic E-state index is 11.0. The van der Waals surface area contributed by atoms with Crippen LogP contribution in [0.25, 0.3) is 0 Å². The van der Waals surface area contributed by atoms with Gasteiger partial charge in [-0.25, -0.2) is 0 Å². The van der Waals surface area contributed by atoms with Crippen molar-refractivity contribution in [1.29, 1.82) is 0 Å². The van der Waals surface area contributed by atoms with Crippen LogP contribution < -0.4 is 5.73 Å². The van der Waals surface area contributed by atoms with Crippen molar-refractivity contribution in [2.24, 2.45) is 11.7 Å². The predicted molar refractivity (Wildman–Crippen MR) is 54.6 cm³/mol. The highest BCUT2D eigenvalue weighted by Gasteiger charge is 2.48. The second-order valence-electron chi connectivity index (χ2n) is 3.87. The van der Waals surface area contributed by atoms with Crippen LogP contribution in [0.15, 0.2) is 0 Å². The van der Waals surface area contributed by atoms with E-state index in [0.29, 0.717) is 19.8 Å². The Morgan fingerprint density at radius 3 is 2.53 bits per heavy atom. The molecule has 1 atom stereocenters. The van der Waals surface area contributed by atoms with Crippen molar-refractivity contribution in [1.82, 2.24) is 0 Å². The van der Waals surface area contributed by atoms with E-state index in [1.54, 1.807) is 0 Å². The van der Waals surface area contributed by atoms with E-state index in [9.17, 15) is 4.79 Å². The van der Waals surface area contributed by atoms with Crippen LogP contribution in [-0.2, 0) is 14.3 Å². The number of rotatable bonds is 8. The van der Waals surface area contributed by atoms with Gasteiger partial charge in [0.2, 0.25) is 0 Å². The Morgan fingerprint density at radius 2 is 2.07 bits per heavy atom. The van der Waals surface area contributed by atoms with Gasteiger partial charge in [0.05, 0.1) is 19.8 Å². The zero-order chi connectivity index (χ0) is 11.3. The Labute approximate surface area is 89.5 Å². The highest BCUT2D eigenvalue weighted by atomic mass is 16.5. The molecule has 15 heavy (non-hydrogen) atoms. The number of hydrogen-bond donors (Lipinski definition) is 2. The first-order valence-corrected chi connectivity index (χ1v) is 5.29. The average Bonchev–Trinajstić information content (AvgIpc) is 3.00. The lowest BCUT2D eigenvalue weighted by atomic mass is 9.96. The van der Waals surface area contributed by atoms with Crippen molar-refractivity contribution < 1.29 is 19.4 Å². The van der Waals surface area contributed by atoms with E-state index < -0.39 is 11.5 Å². The fraction of sp³-hybridized carbons (Fsp3) is 0.900. The van der Waals surface area contributed by atoms with Gasteiger partial charge in [-0.15, -0.1) is 0 Å². The van der Waals surface area contributed by atoms with Crippen molar-refractivity contribution in [3.63, 3.8) is 0 Å². The molecule has 0 saturated heterocycles. The first kappa shape index (κ1) is 12.4. The number of carboxylic acid groups (broad SMARTS) is 1. The second kappa shape index (κ2) is 5.44. The van der Waals surface area contributed by atoms with Gasteiger partial charge in [0.25, 0.3) is 0 Å². The molecular formula is C10H19NO4. The van der Waals surface area contributed by atoms with Gasteiger partial charge in [0.15, 0.2) is 0 Å². The predicted octanol–water partition coefficient (Wildman–Crippen LogP) is 0.232. The number of nitrogens with two attached hydrogens (primary N) is 1. The summed E-state index contributed by atoms with van der Waals surface area (Å²) >= 11 is 0. The van der Waals surface area contributed by atoms with Gasteiger partial charge in [0.1, 0.15) is 5.54 Å². The molecule has 1 aliphatic carbocycles. The van der Waals surface area contributed by atoms with Gasteiger partial charge < -0.3 is 20.3 Å². The third-order valence-electron chi connectivity index (χ3n) is 2.62. The second-order valence-corrected chi connectivity index (χ2v) is 3.87. The van der Waals surface area contributed by atoms with Crippen molar-refractivity contribution >= 4 is 5.97 Å². The normalized spacial score (nSPS) is 19.9. The van der Waals surface area contributed by atoms with Crippen molar-refractivity contribution in [3.05, 3.63) is 0 Å². The van der Waals surface area contributed by atoms with E-state index >= 15 is 0 Å². The summed E-state index contributed by atoms with van der Waals surface area (Å²) in [5.41, 5.74) is 4.59. The molecule has 0 aromatic carbocycles. The van der Waals surface area contributed by atoms with E-state index in [2.05, 4.69) is 0 Å². The van der Waals surface area contributed by atoms with Gasteiger partial charge in [-0.05, 0) is 25.7 Å². The summed E-state index contributed by atoms with van der Waals surface area (Å²) in [6, 6.07) is 0. The summed E-state index contributed by atoms with van der Waals surface area (Å²) < 4.78 is 10.3. The van der Waals surface area contributed by atoms with Gasteiger partial charge in [-0.3, -0.25) is 4.79 Å². The van der Waals surface area contributed by atoms with Crippen LogP contribution in [0.4, 0.5) is 0 Å². The minimum atomic E-state index is -1.20. The Hall–Kier alpha value is -0.650. The highest BCUT2D eigenvalue weighted by molar-refractivity contribution is 5.79. The first-order chi connectivity index (χ1) is 7.11.